The highest BCUT2D eigenvalue weighted by atomic mass is 16.5. The Hall–Kier alpha value is -3.13. The van der Waals surface area contributed by atoms with Gasteiger partial charge in [0.15, 0.2) is 5.82 Å². The van der Waals surface area contributed by atoms with Gasteiger partial charge in [-0.3, -0.25) is 4.79 Å². The number of hydrogen-bond donors (Lipinski definition) is 1. The topological polar surface area (TPSA) is 75.5 Å². The highest BCUT2D eigenvalue weighted by Crippen LogP contribution is 2.24. The lowest BCUT2D eigenvalue weighted by atomic mass is 10.2. The van der Waals surface area contributed by atoms with Crippen LogP contribution in [0.3, 0.4) is 0 Å². The zero-order valence-corrected chi connectivity index (χ0v) is 16.1. The van der Waals surface area contributed by atoms with Crippen LogP contribution in [-0.4, -0.2) is 60.8 Å². The van der Waals surface area contributed by atoms with Gasteiger partial charge in [-0.15, -0.1) is 0 Å². The Balaban J connectivity index is 1.52. The summed E-state index contributed by atoms with van der Waals surface area (Å²) in [4.78, 5) is 25.7. The second kappa shape index (κ2) is 7.85. The van der Waals surface area contributed by atoms with Gasteiger partial charge >= 0.3 is 0 Å². The van der Waals surface area contributed by atoms with Crippen LogP contribution in [0.4, 0.5) is 17.5 Å². The molecule has 0 aliphatic carbocycles. The number of morpholine rings is 1. The molecule has 4 rings (SSSR count). The first kappa shape index (κ1) is 18.2. The Kier molecular flexibility index (Phi) is 5.12. The third-order valence-corrected chi connectivity index (χ3v) is 4.74. The minimum absolute atomic E-state index is 0.118. The first-order valence-corrected chi connectivity index (χ1v) is 9.32. The van der Waals surface area contributed by atoms with Crippen molar-refractivity contribution in [3.8, 4) is 0 Å². The van der Waals surface area contributed by atoms with Crippen molar-refractivity contribution in [2.75, 3.05) is 55.5 Å². The molecule has 146 valence electrons. The van der Waals surface area contributed by atoms with Crippen molar-refractivity contribution in [2.24, 2.45) is 0 Å². The van der Waals surface area contributed by atoms with Gasteiger partial charge in [-0.05, 0) is 17.5 Å². The highest BCUT2D eigenvalue weighted by molar-refractivity contribution is 5.94. The fraction of sp³-hybridized carbons (Fsp3) is 0.350. The van der Waals surface area contributed by atoms with Crippen LogP contribution in [-0.2, 0) is 16.1 Å². The van der Waals surface area contributed by atoms with E-state index in [2.05, 4.69) is 20.2 Å². The summed E-state index contributed by atoms with van der Waals surface area (Å²) >= 11 is 0. The molecule has 0 bridgehead atoms. The van der Waals surface area contributed by atoms with Gasteiger partial charge in [0.05, 0.1) is 19.4 Å². The van der Waals surface area contributed by atoms with Gasteiger partial charge in [-0.25, -0.2) is 4.98 Å². The molecule has 1 aliphatic heterocycles. The molecule has 1 N–H and O–H groups in total. The number of amides is 1. The molecule has 1 fully saturated rings. The predicted molar refractivity (Wildman–Crippen MR) is 110 cm³/mol. The molecule has 8 nitrogen and oxygen atoms in total. The Bertz CT molecular complexity index is 978. The van der Waals surface area contributed by atoms with Crippen LogP contribution in [0.2, 0.25) is 0 Å². The molecule has 3 heterocycles. The quantitative estimate of drug-likeness (QED) is 0.729. The summed E-state index contributed by atoms with van der Waals surface area (Å²) in [5, 5.41) is 4.07. The van der Waals surface area contributed by atoms with Gasteiger partial charge in [0, 0.05) is 38.9 Å². The number of nitrogens with one attached hydrogen (secondary N) is 1. The van der Waals surface area contributed by atoms with E-state index in [0.717, 1.165) is 24.0 Å². The maximum atomic E-state index is 12.7. The van der Waals surface area contributed by atoms with E-state index in [4.69, 9.17) is 4.74 Å². The molecule has 1 saturated heterocycles. The van der Waals surface area contributed by atoms with E-state index >= 15 is 0 Å². The minimum Gasteiger partial charge on any atom is -0.378 e. The summed E-state index contributed by atoms with van der Waals surface area (Å²) in [7, 11) is 3.81. The van der Waals surface area contributed by atoms with E-state index in [1.165, 1.54) is 0 Å². The number of fused-ring (bicyclic) bond motifs is 1. The van der Waals surface area contributed by atoms with E-state index in [1.807, 2.05) is 60.1 Å². The monoisotopic (exact) mass is 380 g/mol. The molecular weight excluding hydrogens is 356 g/mol. The summed E-state index contributed by atoms with van der Waals surface area (Å²) in [6.07, 6.45) is 3.61. The zero-order chi connectivity index (χ0) is 19.5. The van der Waals surface area contributed by atoms with Crippen molar-refractivity contribution in [1.29, 1.82) is 0 Å². The number of hydrogen-bond acceptors (Lipinski definition) is 6. The first-order valence-electron chi connectivity index (χ1n) is 9.32. The molecule has 1 amide bonds. The molecule has 8 heteroatoms. The summed E-state index contributed by atoms with van der Waals surface area (Å²) < 4.78 is 7.32. The van der Waals surface area contributed by atoms with Crippen LogP contribution in [0, 0.1) is 0 Å². The number of ether oxygens (including phenoxy) is 1. The van der Waals surface area contributed by atoms with Crippen molar-refractivity contribution < 1.29 is 9.53 Å². The second-order valence-electron chi connectivity index (χ2n) is 6.95. The van der Waals surface area contributed by atoms with Gasteiger partial charge in [0.2, 0.25) is 11.9 Å². The lowest BCUT2D eigenvalue weighted by Crippen LogP contribution is -2.37. The van der Waals surface area contributed by atoms with E-state index in [9.17, 15) is 4.79 Å². The van der Waals surface area contributed by atoms with E-state index in [-0.39, 0.29) is 12.5 Å². The molecular formula is C20H24N6O2. The first-order chi connectivity index (χ1) is 13.6. The molecule has 0 unspecified atom stereocenters. The predicted octanol–water partition coefficient (Wildman–Crippen LogP) is 1.97. The normalized spacial score (nSPS) is 14.3. The standard InChI is InChI=1S/C20H24N6O2/c1-24(2)19-16(13-21-20(23-19)25-9-11-28-12-10-25)22-18(27)14-26-8-7-15-5-3-4-6-17(15)26/h3-8,13H,9-12,14H2,1-2H3,(H,22,27). The molecule has 2 aromatic heterocycles. The zero-order valence-electron chi connectivity index (χ0n) is 16.1. The number of para-hydroxylation sites is 1. The number of anilines is 3. The van der Waals surface area contributed by atoms with Gasteiger partial charge in [-0.2, -0.15) is 4.98 Å². The van der Waals surface area contributed by atoms with Crippen LogP contribution in [0.1, 0.15) is 0 Å². The summed E-state index contributed by atoms with van der Waals surface area (Å²) in [6, 6.07) is 10.0. The highest BCUT2D eigenvalue weighted by Gasteiger charge is 2.18. The van der Waals surface area contributed by atoms with E-state index < -0.39 is 0 Å². The smallest absolute Gasteiger partial charge is 0.244 e. The summed E-state index contributed by atoms with van der Waals surface area (Å²) in [5.74, 6) is 1.22. The second-order valence-corrected chi connectivity index (χ2v) is 6.95. The third-order valence-electron chi connectivity index (χ3n) is 4.74. The van der Waals surface area contributed by atoms with Crippen molar-refractivity contribution in [1.82, 2.24) is 14.5 Å². The fourth-order valence-corrected chi connectivity index (χ4v) is 3.33. The number of aromatic nitrogens is 3. The molecule has 0 atom stereocenters. The van der Waals surface area contributed by atoms with E-state index in [1.54, 1.807) is 6.20 Å². The SMILES string of the molecule is CN(C)c1nc(N2CCOCC2)ncc1NC(=O)Cn1ccc2ccccc21. The Morgan fingerprint density at radius 1 is 1.21 bits per heavy atom. The van der Waals surface area contributed by atoms with Crippen molar-refractivity contribution in [2.45, 2.75) is 6.54 Å². The molecule has 0 saturated carbocycles. The van der Waals surface area contributed by atoms with Gasteiger partial charge in [0.25, 0.3) is 0 Å². The van der Waals surface area contributed by atoms with Crippen LogP contribution >= 0.6 is 0 Å². The minimum atomic E-state index is -0.118. The molecule has 28 heavy (non-hydrogen) atoms. The maximum absolute atomic E-state index is 12.7. The molecule has 3 aromatic rings. The Morgan fingerprint density at radius 3 is 2.79 bits per heavy atom. The average molecular weight is 380 g/mol. The number of carbonyl (C=O) groups is 1. The molecule has 0 spiro atoms. The average Bonchev–Trinajstić information content (AvgIpc) is 3.11. The fourth-order valence-electron chi connectivity index (χ4n) is 3.33. The van der Waals surface area contributed by atoms with Crippen molar-refractivity contribution in [3.05, 3.63) is 42.7 Å². The van der Waals surface area contributed by atoms with Gasteiger partial charge in [0.1, 0.15) is 12.2 Å². The largest absolute Gasteiger partial charge is 0.378 e. The van der Waals surface area contributed by atoms with Crippen LogP contribution < -0.4 is 15.1 Å². The molecule has 0 radical (unpaired) electrons. The van der Waals surface area contributed by atoms with Crippen molar-refractivity contribution in [3.63, 3.8) is 0 Å². The molecule has 1 aliphatic rings. The van der Waals surface area contributed by atoms with Crippen LogP contribution in [0.25, 0.3) is 10.9 Å². The van der Waals surface area contributed by atoms with Crippen molar-refractivity contribution >= 4 is 34.3 Å². The number of nitrogens with zero attached hydrogens (tertiary/aromatic N) is 5. The molecule has 1 aromatic carbocycles. The van der Waals surface area contributed by atoms with E-state index in [0.29, 0.717) is 30.7 Å². The van der Waals surface area contributed by atoms with Gasteiger partial charge in [-0.1, -0.05) is 18.2 Å². The summed E-state index contributed by atoms with van der Waals surface area (Å²) in [6.45, 7) is 3.10. The van der Waals surface area contributed by atoms with Crippen LogP contribution in [0.15, 0.2) is 42.7 Å². The number of carbonyl (C=O) groups excluding carboxylic acids is 1. The lowest BCUT2D eigenvalue weighted by Gasteiger charge is -2.28. The number of rotatable bonds is 5. The summed E-state index contributed by atoms with van der Waals surface area (Å²) in [5.41, 5.74) is 1.63. The van der Waals surface area contributed by atoms with Crippen LogP contribution in [0.5, 0.6) is 0 Å². The third kappa shape index (κ3) is 3.77. The lowest BCUT2D eigenvalue weighted by molar-refractivity contribution is -0.116. The number of benzene rings is 1. The Labute approximate surface area is 163 Å². The Morgan fingerprint density at radius 2 is 2.00 bits per heavy atom. The van der Waals surface area contributed by atoms with Gasteiger partial charge < -0.3 is 24.4 Å². The maximum Gasteiger partial charge on any atom is 0.244 e.